The quantitative estimate of drug-likeness (QED) is 0.580. The van der Waals surface area contributed by atoms with Crippen molar-refractivity contribution in [2.75, 3.05) is 6.61 Å². The monoisotopic (exact) mass is 196 g/mol. The zero-order chi connectivity index (χ0) is 10.7. The Morgan fingerprint density at radius 3 is 2.64 bits per heavy atom. The van der Waals surface area contributed by atoms with E-state index in [1.807, 2.05) is 0 Å². The largest absolute Gasteiger partial charge is 0.461 e. The Hall–Kier alpha value is -1.65. The molecular weight excluding hydrogens is 184 g/mol. The molecule has 1 aromatic rings. The lowest BCUT2D eigenvalue weighted by atomic mass is 10.2. The highest BCUT2D eigenvalue weighted by molar-refractivity contribution is 6.02. The highest BCUT2D eigenvalue weighted by Gasteiger charge is 2.19. The Balaban J connectivity index is 3.06. The van der Waals surface area contributed by atoms with E-state index in [2.05, 4.69) is 9.97 Å². The lowest BCUT2D eigenvalue weighted by molar-refractivity contribution is 0.0516. The summed E-state index contributed by atoms with van der Waals surface area (Å²) in [6.45, 7) is 5.01. The Bertz CT molecular complexity index is 368. The molecule has 0 saturated carbocycles. The number of rotatable bonds is 3. The lowest BCUT2D eigenvalue weighted by Crippen LogP contribution is -2.10. The first-order valence-electron chi connectivity index (χ1n) is 4.31. The molecule has 0 aliphatic heterocycles. The third kappa shape index (κ3) is 1.99. The second-order valence-corrected chi connectivity index (χ2v) is 2.82. The van der Waals surface area contributed by atoms with Gasteiger partial charge in [-0.3, -0.25) is 4.79 Å². The number of ether oxygens (including phenoxy) is 1. The van der Waals surface area contributed by atoms with Gasteiger partial charge < -0.3 is 9.72 Å². The van der Waals surface area contributed by atoms with Gasteiger partial charge in [-0.2, -0.15) is 0 Å². The Morgan fingerprint density at radius 2 is 2.14 bits per heavy atom. The third-order valence-corrected chi connectivity index (χ3v) is 1.64. The smallest absolute Gasteiger partial charge is 0.357 e. The fourth-order valence-corrected chi connectivity index (χ4v) is 1.10. The van der Waals surface area contributed by atoms with Gasteiger partial charge in [0.15, 0.2) is 11.5 Å². The number of esters is 1. The molecule has 0 unspecified atom stereocenters. The first-order valence-corrected chi connectivity index (χ1v) is 4.31. The van der Waals surface area contributed by atoms with Gasteiger partial charge in [-0.1, -0.05) is 0 Å². The number of nitrogens with one attached hydrogen (secondary N) is 1. The zero-order valence-corrected chi connectivity index (χ0v) is 8.38. The molecule has 1 rings (SSSR count). The number of carbonyl (C=O) groups is 2. The number of aromatic nitrogens is 2. The highest BCUT2D eigenvalue weighted by Crippen LogP contribution is 2.08. The molecule has 0 spiro atoms. The molecule has 1 N–H and O–H groups in total. The second kappa shape index (κ2) is 4.04. The fraction of sp³-hybridized carbons (Fsp3) is 0.444. The van der Waals surface area contributed by atoms with Crippen LogP contribution in [0.5, 0.6) is 0 Å². The van der Waals surface area contributed by atoms with Crippen LogP contribution in [0.25, 0.3) is 0 Å². The number of Topliss-reactive ketones (excluding diaryl/α,β-unsaturated/α-hetero) is 1. The molecule has 0 bridgehead atoms. The average Bonchev–Trinajstić information content (AvgIpc) is 2.48. The minimum atomic E-state index is -0.543. The fourth-order valence-electron chi connectivity index (χ4n) is 1.10. The summed E-state index contributed by atoms with van der Waals surface area (Å²) in [5, 5.41) is 0. The van der Waals surface area contributed by atoms with Crippen LogP contribution in [-0.2, 0) is 4.74 Å². The Kier molecular flexibility index (Phi) is 3.01. The van der Waals surface area contributed by atoms with Crippen molar-refractivity contribution in [3.63, 3.8) is 0 Å². The normalized spacial score (nSPS) is 9.93. The van der Waals surface area contributed by atoms with E-state index in [-0.39, 0.29) is 23.8 Å². The van der Waals surface area contributed by atoms with Crippen molar-refractivity contribution in [1.82, 2.24) is 9.97 Å². The van der Waals surface area contributed by atoms with Gasteiger partial charge in [0.2, 0.25) is 0 Å². The van der Waals surface area contributed by atoms with Gasteiger partial charge in [-0.25, -0.2) is 9.78 Å². The van der Waals surface area contributed by atoms with E-state index in [0.717, 1.165) is 0 Å². The maximum absolute atomic E-state index is 11.3. The summed E-state index contributed by atoms with van der Waals surface area (Å²) in [6.07, 6.45) is 0. The number of hydrogen-bond donors (Lipinski definition) is 1. The number of carbonyl (C=O) groups excluding carboxylic acids is 2. The number of aromatic amines is 1. The zero-order valence-electron chi connectivity index (χ0n) is 8.38. The van der Waals surface area contributed by atoms with Crippen molar-refractivity contribution in [2.45, 2.75) is 20.8 Å². The van der Waals surface area contributed by atoms with Crippen LogP contribution in [0, 0.1) is 6.92 Å². The number of imidazole rings is 1. The van der Waals surface area contributed by atoms with Crippen molar-refractivity contribution in [1.29, 1.82) is 0 Å². The molecule has 14 heavy (non-hydrogen) atoms. The SMILES string of the molecule is CCOC(=O)c1[nH]c(C)nc1C(C)=O. The van der Waals surface area contributed by atoms with Gasteiger partial charge in [0.05, 0.1) is 6.61 Å². The summed E-state index contributed by atoms with van der Waals surface area (Å²) in [5.41, 5.74) is 0.276. The maximum atomic E-state index is 11.3. The topological polar surface area (TPSA) is 72.1 Å². The lowest BCUT2D eigenvalue weighted by Gasteiger charge is -1.99. The van der Waals surface area contributed by atoms with E-state index in [4.69, 9.17) is 4.74 Å². The van der Waals surface area contributed by atoms with Crippen molar-refractivity contribution >= 4 is 11.8 Å². The Labute approximate surface area is 81.5 Å². The predicted molar refractivity (Wildman–Crippen MR) is 49.3 cm³/mol. The van der Waals surface area contributed by atoms with Gasteiger partial charge in [0, 0.05) is 6.92 Å². The summed E-state index contributed by atoms with van der Waals surface area (Å²) in [7, 11) is 0. The van der Waals surface area contributed by atoms with Crippen LogP contribution in [0.3, 0.4) is 0 Å². The molecule has 0 amide bonds. The third-order valence-electron chi connectivity index (χ3n) is 1.64. The molecule has 0 radical (unpaired) electrons. The standard InChI is InChI=1S/C9H12N2O3/c1-4-14-9(13)8-7(5(2)12)10-6(3)11-8/h4H2,1-3H3,(H,10,11). The van der Waals surface area contributed by atoms with E-state index in [0.29, 0.717) is 5.82 Å². The molecule has 0 aliphatic carbocycles. The molecule has 0 fully saturated rings. The first-order chi connectivity index (χ1) is 6.56. The van der Waals surface area contributed by atoms with Gasteiger partial charge in [-0.15, -0.1) is 0 Å². The number of aryl methyl sites for hydroxylation is 1. The predicted octanol–water partition coefficient (Wildman–Crippen LogP) is 1.10. The number of hydrogen-bond acceptors (Lipinski definition) is 4. The highest BCUT2D eigenvalue weighted by atomic mass is 16.5. The second-order valence-electron chi connectivity index (χ2n) is 2.82. The molecule has 0 aromatic carbocycles. The summed E-state index contributed by atoms with van der Waals surface area (Å²) in [4.78, 5) is 29.0. The van der Waals surface area contributed by atoms with Crippen LogP contribution < -0.4 is 0 Å². The summed E-state index contributed by atoms with van der Waals surface area (Å²) < 4.78 is 4.77. The minimum Gasteiger partial charge on any atom is -0.461 e. The molecule has 76 valence electrons. The summed E-state index contributed by atoms with van der Waals surface area (Å²) in [6, 6.07) is 0. The molecule has 0 saturated heterocycles. The van der Waals surface area contributed by atoms with E-state index < -0.39 is 5.97 Å². The van der Waals surface area contributed by atoms with Crippen LogP contribution >= 0.6 is 0 Å². The molecule has 5 nitrogen and oxygen atoms in total. The van der Waals surface area contributed by atoms with Crippen molar-refractivity contribution in [3.8, 4) is 0 Å². The average molecular weight is 196 g/mol. The molecule has 0 aliphatic rings. The van der Waals surface area contributed by atoms with E-state index in [9.17, 15) is 9.59 Å². The van der Waals surface area contributed by atoms with Gasteiger partial charge >= 0.3 is 5.97 Å². The number of H-pyrrole nitrogens is 1. The maximum Gasteiger partial charge on any atom is 0.357 e. The van der Waals surface area contributed by atoms with Crippen molar-refractivity contribution in [2.24, 2.45) is 0 Å². The van der Waals surface area contributed by atoms with Crippen molar-refractivity contribution < 1.29 is 14.3 Å². The van der Waals surface area contributed by atoms with Crippen LogP contribution in [-0.4, -0.2) is 28.3 Å². The van der Waals surface area contributed by atoms with Crippen LogP contribution in [0.4, 0.5) is 0 Å². The van der Waals surface area contributed by atoms with Gasteiger partial charge in [-0.05, 0) is 13.8 Å². The Morgan fingerprint density at radius 1 is 1.50 bits per heavy atom. The molecule has 1 aromatic heterocycles. The van der Waals surface area contributed by atoms with E-state index >= 15 is 0 Å². The molecule has 5 heteroatoms. The number of nitrogens with zero attached hydrogens (tertiary/aromatic N) is 1. The summed E-state index contributed by atoms with van der Waals surface area (Å²) >= 11 is 0. The minimum absolute atomic E-state index is 0.136. The van der Waals surface area contributed by atoms with Gasteiger partial charge in [0.1, 0.15) is 11.5 Å². The van der Waals surface area contributed by atoms with Crippen LogP contribution in [0.1, 0.15) is 40.6 Å². The van der Waals surface area contributed by atoms with Crippen LogP contribution in [0.15, 0.2) is 0 Å². The molecule has 1 heterocycles. The molecule has 0 atom stereocenters. The first kappa shape index (κ1) is 10.4. The number of ketones is 1. The van der Waals surface area contributed by atoms with Gasteiger partial charge in [0.25, 0.3) is 0 Å². The van der Waals surface area contributed by atoms with Crippen molar-refractivity contribution in [3.05, 3.63) is 17.2 Å². The molecular formula is C9H12N2O3. The van der Waals surface area contributed by atoms with E-state index in [1.165, 1.54) is 6.92 Å². The van der Waals surface area contributed by atoms with E-state index in [1.54, 1.807) is 13.8 Å². The summed E-state index contributed by atoms with van der Waals surface area (Å²) in [5.74, 6) is -0.269. The van der Waals surface area contributed by atoms with Crippen LogP contribution in [0.2, 0.25) is 0 Å².